The largest absolute Gasteiger partial charge is 0.369 e. The third-order valence-corrected chi connectivity index (χ3v) is 0.707. The number of hydrogen-bond donors (Lipinski definition) is 2. The van der Waals surface area contributed by atoms with Crippen LogP contribution in [0, 0.1) is 0 Å². The van der Waals surface area contributed by atoms with Crippen molar-refractivity contribution >= 4 is 11.9 Å². The average molecular weight is 146 g/mol. The summed E-state index contributed by atoms with van der Waals surface area (Å²) >= 11 is 0. The second-order valence-corrected chi connectivity index (χ2v) is 1.29. The van der Waals surface area contributed by atoms with Crippen molar-refractivity contribution in [2.24, 2.45) is 11.8 Å². The Morgan fingerprint density at radius 3 is 1.60 bits per heavy atom. The van der Waals surface area contributed by atoms with E-state index >= 15 is 0 Å². The fourth-order valence-electron chi connectivity index (χ4n) is 0.226. The molecule has 0 saturated heterocycles. The highest BCUT2D eigenvalue weighted by Gasteiger charge is 2.16. The molecule has 0 saturated carbocycles. The van der Waals surface area contributed by atoms with Crippen LogP contribution in [0.15, 0.2) is 12.2 Å². The lowest BCUT2D eigenvalue weighted by Crippen LogP contribution is -2.21. The minimum Gasteiger partial charge on any atom is -0.369 e. The Bertz CT molecular complexity index is 158. The van der Waals surface area contributed by atoms with E-state index in [9.17, 15) is 9.59 Å². The molecule has 56 valence electrons. The van der Waals surface area contributed by atoms with Crippen molar-refractivity contribution in [1.29, 1.82) is 0 Å². The zero-order valence-corrected chi connectivity index (χ0v) is 4.99. The molecular formula is C4H6N2O4. The molecule has 0 aliphatic rings. The molecule has 0 amide bonds. The highest BCUT2D eigenvalue weighted by atomic mass is 16.7. The number of carbonyl (C=O) groups is 2. The van der Waals surface area contributed by atoms with E-state index in [1.54, 1.807) is 0 Å². The van der Waals surface area contributed by atoms with Crippen LogP contribution in [0.2, 0.25) is 0 Å². The smallest absolute Gasteiger partial charge is 0.363 e. The second kappa shape index (κ2) is 3.59. The molecule has 0 aromatic rings. The molecule has 0 fully saturated rings. The van der Waals surface area contributed by atoms with Gasteiger partial charge < -0.3 is 9.68 Å². The van der Waals surface area contributed by atoms with Crippen LogP contribution in [-0.4, -0.2) is 11.9 Å². The van der Waals surface area contributed by atoms with Gasteiger partial charge >= 0.3 is 11.9 Å². The van der Waals surface area contributed by atoms with E-state index in [0.29, 0.717) is 0 Å². The van der Waals surface area contributed by atoms with E-state index in [4.69, 9.17) is 0 Å². The minimum atomic E-state index is -1.07. The van der Waals surface area contributed by atoms with E-state index in [-0.39, 0.29) is 0 Å². The van der Waals surface area contributed by atoms with Gasteiger partial charge in [0.1, 0.15) is 5.57 Å². The minimum absolute atomic E-state index is 0.551. The summed E-state index contributed by atoms with van der Waals surface area (Å²) < 4.78 is 0. The number of hydrogen-bond acceptors (Lipinski definition) is 6. The van der Waals surface area contributed by atoms with Crippen LogP contribution in [0.4, 0.5) is 0 Å². The lowest BCUT2D eigenvalue weighted by Gasteiger charge is -1.97. The lowest BCUT2D eigenvalue weighted by atomic mass is 10.3. The van der Waals surface area contributed by atoms with Crippen molar-refractivity contribution in [3.8, 4) is 0 Å². The highest BCUT2D eigenvalue weighted by molar-refractivity contribution is 6.13. The Labute approximate surface area is 56.3 Å². The topological polar surface area (TPSA) is 105 Å². The van der Waals surface area contributed by atoms with Gasteiger partial charge in [-0.3, -0.25) is 0 Å². The van der Waals surface area contributed by atoms with Gasteiger partial charge in [-0.2, -0.15) is 11.8 Å². The Kier molecular flexibility index (Phi) is 3.09. The molecule has 0 rings (SSSR count). The van der Waals surface area contributed by atoms with Crippen molar-refractivity contribution in [1.82, 2.24) is 0 Å². The third-order valence-electron chi connectivity index (χ3n) is 0.707. The molecule has 0 heterocycles. The molecule has 0 aromatic carbocycles. The van der Waals surface area contributed by atoms with Gasteiger partial charge in [-0.1, -0.05) is 6.58 Å². The van der Waals surface area contributed by atoms with Gasteiger partial charge in [-0.15, -0.1) is 0 Å². The summed E-state index contributed by atoms with van der Waals surface area (Å²) in [5, 5.41) is 0. The molecule has 0 radical (unpaired) electrons. The molecule has 0 aliphatic heterocycles. The predicted octanol–water partition coefficient (Wildman–Crippen LogP) is -1.62. The second-order valence-electron chi connectivity index (χ2n) is 1.29. The van der Waals surface area contributed by atoms with Crippen molar-refractivity contribution in [2.75, 3.05) is 0 Å². The summed E-state index contributed by atoms with van der Waals surface area (Å²) in [4.78, 5) is 27.9. The first kappa shape index (κ1) is 8.60. The maximum Gasteiger partial charge on any atom is 0.363 e. The standard InChI is InChI=1S/C4H6N2O4/c1-2(3(7)9-5)4(8)10-6/h1,5-6H2. The van der Waals surface area contributed by atoms with E-state index in [2.05, 4.69) is 28.0 Å². The summed E-state index contributed by atoms with van der Waals surface area (Å²) in [5.41, 5.74) is -0.551. The van der Waals surface area contributed by atoms with Gasteiger partial charge in [0, 0.05) is 0 Å². The third kappa shape index (κ3) is 1.84. The molecule has 0 aromatic heterocycles. The van der Waals surface area contributed by atoms with Gasteiger partial charge in [-0.05, 0) is 0 Å². The molecule has 10 heavy (non-hydrogen) atoms. The molecule has 6 nitrogen and oxygen atoms in total. The summed E-state index contributed by atoms with van der Waals surface area (Å²) in [6.45, 7) is 2.99. The Morgan fingerprint density at radius 2 is 1.40 bits per heavy atom. The fraction of sp³-hybridized carbons (Fsp3) is 0. The highest BCUT2D eigenvalue weighted by Crippen LogP contribution is 1.92. The first-order valence-corrected chi connectivity index (χ1v) is 2.14. The summed E-state index contributed by atoms with van der Waals surface area (Å²) in [7, 11) is 0. The van der Waals surface area contributed by atoms with E-state index in [1.807, 2.05) is 0 Å². The fourth-order valence-corrected chi connectivity index (χ4v) is 0.226. The van der Waals surface area contributed by atoms with Crippen LogP contribution in [-0.2, 0) is 19.3 Å². The molecule has 0 unspecified atom stereocenters. The zero-order valence-electron chi connectivity index (χ0n) is 4.99. The quantitative estimate of drug-likeness (QED) is 0.210. The first-order valence-electron chi connectivity index (χ1n) is 2.14. The SMILES string of the molecule is C=C(C(=O)ON)C(=O)ON. The van der Waals surface area contributed by atoms with Crippen LogP contribution in [0.5, 0.6) is 0 Å². The molecule has 0 atom stereocenters. The average Bonchev–Trinajstić information content (AvgIpc) is 2.00. The molecule has 4 N–H and O–H groups in total. The summed E-state index contributed by atoms with van der Waals surface area (Å²) in [6, 6.07) is 0. The van der Waals surface area contributed by atoms with Crippen LogP contribution in [0.3, 0.4) is 0 Å². The van der Waals surface area contributed by atoms with Crippen molar-refractivity contribution < 1.29 is 19.3 Å². The van der Waals surface area contributed by atoms with Crippen LogP contribution in [0.1, 0.15) is 0 Å². The maximum absolute atomic E-state index is 10.3. The molecule has 6 heteroatoms. The van der Waals surface area contributed by atoms with Crippen LogP contribution < -0.4 is 11.8 Å². The van der Waals surface area contributed by atoms with Crippen molar-refractivity contribution in [3.05, 3.63) is 12.2 Å². The van der Waals surface area contributed by atoms with Crippen molar-refractivity contribution in [2.45, 2.75) is 0 Å². The van der Waals surface area contributed by atoms with Gasteiger partial charge in [0.05, 0.1) is 0 Å². The Hall–Kier alpha value is -1.40. The molecule has 0 aliphatic carbocycles. The van der Waals surface area contributed by atoms with E-state index < -0.39 is 17.5 Å². The number of carbonyl (C=O) groups excluding carboxylic acids is 2. The zero-order chi connectivity index (χ0) is 8.15. The van der Waals surface area contributed by atoms with Crippen LogP contribution >= 0.6 is 0 Å². The normalized spacial score (nSPS) is 8.20. The molecular weight excluding hydrogens is 140 g/mol. The Morgan fingerprint density at radius 1 is 1.10 bits per heavy atom. The maximum atomic E-state index is 10.3. The lowest BCUT2D eigenvalue weighted by molar-refractivity contribution is -0.147. The number of nitrogens with two attached hydrogens (primary N) is 2. The monoisotopic (exact) mass is 146 g/mol. The van der Waals surface area contributed by atoms with Gasteiger partial charge in [-0.25, -0.2) is 9.59 Å². The van der Waals surface area contributed by atoms with E-state index in [1.165, 1.54) is 0 Å². The van der Waals surface area contributed by atoms with Gasteiger partial charge in [0.15, 0.2) is 0 Å². The van der Waals surface area contributed by atoms with Crippen molar-refractivity contribution in [3.63, 3.8) is 0 Å². The van der Waals surface area contributed by atoms with Gasteiger partial charge in [0.2, 0.25) is 0 Å². The van der Waals surface area contributed by atoms with Crippen LogP contribution in [0.25, 0.3) is 0 Å². The van der Waals surface area contributed by atoms with Gasteiger partial charge in [0.25, 0.3) is 0 Å². The summed E-state index contributed by atoms with van der Waals surface area (Å²) in [6.07, 6.45) is 0. The number of rotatable bonds is 2. The molecule has 0 spiro atoms. The van der Waals surface area contributed by atoms with E-state index in [0.717, 1.165) is 0 Å². The Balaban J connectivity index is 4.09. The first-order chi connectivity index (χ1) is 4.63. The molecule has 0 bridgehead atoms. The summed E-state index contributed by atoms with van der Waals surface area (Å²) in [5.74, 6) is 6.67. The predicted molar refractivity (Wildman–Crippen MR) is 29.7 cm³/mol.